The topological polar surface area (TPSA) is 84.0 Å². The minimum atomic E-state index is -3.56. The SMILES string of the molecule is O=S(=O)(NCC1CCCNC1)c1cnc(-c2ccccc2)nc1. The van der Waals surface area contributed by atoms with E-state index in [0.29, 0.717) is 18.3 Å². The average molecular weight is 332 g/mol. The lowest BCUT2D eigenvalue weighted by atomic mass is 10.0. The van der Waals surface area contributed by atoms with Crippen molar-refractivity contribution in [1.82, 2.24) is 20.0 Å². The van der Waals surface area contributed by atoms with Crippen LogP contribution in [0.1, 0.15) is 12.8 Å². The summed E-state index contributed by atoms with van der Waals surface area (Å²) >= 11 is 0. The van der Waals surface area contributed by atoms with Gasteiger partial charge in [0.2, 0.25) is 10.0 Å². The fourth-order valence-electron chi connectivity index (χ4n) is 2.60. The number of aromatic nitrogens is 2. The van der Waals surface area contributed by atoms with Crippen LogP contribution in [0.15, 0.2) is 47.6 Å². The first kappa shape index (κ1) is 16.0. The molecule has 1 saturated heterocycles. The molecule has 0 saturated carbocycles. The van der Waals surface area contributed by atoms with E-state index >= 15 is 0 Å². The highest BCUT2D eigenvalue weighted by Gasteiger charge is 2.19. The zero-order valence-electron chi connectivity index (χ0n) is 12.8. The molecular formula is C16H20N4O2S. The second kappa shape index (κ2) is 7.16. The fraction of sp³-hybridized carbons (Fsp3) is 0.375. The van der Waals surface area contributed by atoms with Crippen LogP contribution in [-0.2, 0) is 10.0 Å². The van der Waals surface area contributed by atoms with Crippen LogP contribution < -0.4 is 10.0 Å². The maximum absolute atomic E-state index is 12.3. The maximum atomic E-state index is 12.3. The predicted molar refractivity (Wildman–Crippen MR) is 88.3 cm³/mol. The largest absolute Gasteiger partial charge is 0.316 e. The van der Waals surface area contributed by atoms with Gasteiger partial charge in [0.1, 0.15) is 4.90 Å². The molecule has 1 aliphatic rings. The van der Waals surface area contributed by atoms with Crippen LogP contribution in [0.3, 0.4) is 0 Å². The lowest BCUT2D eigenvalue weighted by molar-refractivity contribution is 0.376. The van der Waals surface area contributed by atoms with Gasteiger partial charge >= 0.3 is 0 Å². The van der Waals surface area contributed by atoms with Crippen molar-refractivity contribution in [3.05, 3.63) is 42.7 Å². The van der Waals surface area contributed by atoms with E-state index in [1.54, 1.807) is 0 Å². The van der Waals surface area contributed by atoms with Gasteiger partial charge in [-0.3, -0.25) is 0 Å². The molecule has 0 aliphatic carbocycles. The van der Waals surface area contributed by atoms with Gasteiger partial charge in [-0.15, -0.1) is 0 Å². The van der Waals surface area contributed by atoms with E-state index in [4.69, 9.17) is 0 Å². The first-order valence-electron chi connectivity index (χ1n) is 7.73. The van der Waals surface area contributed by atoms with Crippen LogP contribution in [0, 0.1) is 5.92 Å². The van der Waals surface area contributed by atoms with E-state index in [-0.39, 0.29) is 4.90 Å². The van der Waals surface area contributed by atoms with Crippen LogP contribution >= 0.6 is 0 Å². The first-order chi connectivity index (χ1) is 11.1. The van der Waals surface area contributed by atoms with E-state index in [1.807, 2.05) is 30.3 Å². The predicted octanol–water partition coefficient (Wildman–Crippen LogP) is 1.42. The molecule has 0 bridgehead atoms. The number of benzene rings is 1. The maximum Gasteiger partial charge on any atom is 0.243 e. The van der Waals surface area contributed by atoms with Gasteiger partial charge in [0, 0.05) is 12.1 Å². The second-order valence-electron chi connectivity index (χ2n) is 5.67. The molecule has 2 heterocycles. The Kier molecular flexibility index (Phi) is 5.00. The third-order valence-corrected chi connectivity index (χ3v) is 5.31. The van der Waals surface area contributed by atoms with Gasteiger partial charge in [-0.2, -0.15) is 0 Å². The summed E-state index contributed by atoms with van der Waals surface area (Å²) in [5.74, 6) is 0.851. The summed E-state index contributed by atoms with van der Waals surface area (Å²) in [5, 5.41) is 3.28. The third-order valence-electron chi connectivity index (χ3n) is 3.93. The lowest BCUT2D eigenvalue weighted by Crippen LogP contribution is -2.38. The highest BCUT2D eigenvalue weighted by Crippen LogP contribution is 2.15. The molecule has 6 nitrogen and oxygen atoms in total. The molecule has 1 aromatic heterocycles. The Hall–Kier alpha value is -1.83. The Morgan fingerprint density at radius 1 is 1.17 bits per heavy atom. The molecule has 0 radical (unpaired) electrons. The Labute approximate surface area is 136 Å². The summed E-state index contributed by atoms with van der Waals surface area (Å²) in [5.41, 5.74) is 0.859. The first-order valence-corrected chi connectivity index (χ1v) is 9.21. The van der Waals surface area contributed by atoms with Gasteiger partial charge < -0.3 is 5.32 Å². The van der Waals surface area contributed by atoms with E-state index in [9.17, 15) is 8.42 Å². The minimum absolute atomic E-state index is 0.0981. The van der Waals surface area contributed by atoms with E-state index in [2.05, 4.69) is 20.0 Å². The minimum Gasteiger partial charge on any atom is -0.316 e. The molecule has 23 heavy (non-hydrogen) atoms. The Balaban J connectivity index is 1.67. The van der Waals surface area contributed by atoms with Crippen molar-refractivity contribution in [1.29, 1.82) is 0 Å². The lowest BCUT2D eigenvalue weighted by Gasteiger charge is -2.22. The molecular weight excluding hydrogens is 312 g/mol. The quantitative estimate of drug-likeness (QED) is 0.865. The zero-order chi connectivity index (χ0) is 16.1. The van der Waals surface area contributed by atoms with Crippen LogP contribution in [-0.4, -0.2) is 38.0 Å². The monoisotopic (exact) mass is 332 g/mol. The Morgan fingerprint density at radius 2 is 1.91 bits per heavy atom. The Morgan fingerprint density at radius 3 is 2.57 bits per heavy atom. The summed E-state index contributed by atoms with van der Waals surface area (Å²) in [4.78, 5) is 8.43. The number of sulfonamides is 1. The molecule has 0 amide bonds. The highest BCUT2D eigenvalue weighted by molar-refractivity contribution is 7.89. The smallest absolute Gasteiger partial charge is 0.243 e. The van der Waals surface area contributed by atoms with Crippen molar-refractivity contribution in [2.45, 2.75) is 17.7 Å². The van der Waals surface area contributed by atoms with Gasteiger partial charge in [0.25, 0.3) is 0 Å². The summed E-state index contributed by atoms with van der Waals surface area (Å²) in [7, 11) is -3.56. The van der Waals surface area contributed by atoms with E-state index in [0.717, 1.165) is 31.5 Å². The van der Waals surface area contributed by atoms with E-state index in [1.165, 1.54) is 12.4 Å². The normalized spacial score (nSPS) is 18.7. The standard InChI is InChI=1S/C16H20N4O2S/c21-23(22,20-10-13-5-4-8-17-9-13)15-11-18-16(19-12-15)14-6-2-1-3-7-14/h1-3,6-7,11-13,17,20H,4-5,8-10H2. The molecule has 1 atom stereocenters. The molecule has 7 heteroatoms. The molecule has 0 spiro atoms. The number of rotatable bonds is 5. The molecule has 1 aliphatic heterocycles. The van der Waals surface area contributed by atoms with Crippen molar-refractivity contribution >= 4 is 10.0 Å². The molecule has 1 fully saturated rings. The molecule has 3 rings (SSSR count). The van der Waals surface area contributed by atoms with Crippen molar-refractivity contribution in [3.8, 4) is 11.4 Å². The summed E-state index contributed by atoms with van der Waals surface area (Å²) in [6.07, 6.45) is 4.84. The summed E-state index contributed by atoms with van der Waals surface area (Å²) in [6.45, 7) is 2.31. The van der Waals surface area contributed by atoms with Crippen LogP contribution in [0.5, 0.6) is 0 Å². The number of piperidine rings is 1. The average Bonchev–Trinajstić information content (AvgIpc) is 2.62. The summed E-state index contributed by atoms with van der Waals surface area (Å²) in [6, 6.07) is 9.47. The van der Waals surface area contributed by atoms with Crippen molar-refractivity contribution in [3.63, 3.8) is 0 Å². The van der Waals surface area contributed by atoms with Crippen LogP contribution in [0.2, 0.25) is 0 Å². The molecule has 2 N–H and O–H groups in total. The number of nitrogens with one attached hydrogen (secondary N) is 2. The molecule has 1 aromatic carbocycles. The Bertz CT molecular complexity index is 726. The van der Waals surface area contributed by atoms with Gasteiger partial charge in [0.15, 0.2) is 5.82 Å². The van der Waals surface area contributed by atoms with Crippen LogP contribution in [0.25, 0.3) is 11.4 Å². The van der Waals surface area contributed by atoms with E-state index < -0.39 is 10.0 Å². The second-order valence-corrected chi connectivity index (χ2v) is 7.44. The number of hydrogen-bond donors (Lipinski definition) is 2. The van der Waals surface area contributed by atoms with Crippen molar-refractivity contribution < 1.29 is 8.42 Å². The van der Waals surface area contributed by atoms with Gasteiger partial charge in [-0.1, -0.05) is 30.3 Å². The highest BCUT2D eigenvalue weighted by atomic mass is 32.2. The number of nitrogens with zero attached hydrogens (tertiary/aromatic N) is 2. The van der Waals surface area contributed by atoms with Gasteiger partial charge in [-0.25, -0.2) is 23.1 Å². The molecule has 2 aromatic rings. The van der Waals surface area contributed by atoms with Crippen LogP contribution in [0.4, 0.5) is 0 Å². The zero-order valence-corrected chi connectivity index (χ0v) is 13.6. The summed E-state index contributed by atoms with van der Waals surface area (Å²) < 4.78 is 27.3. The molecule has 1 unspecified atom stereocenters. The third kappa shape index (κ3) is 4.13. The molecule has 122 valence electrons. The van der Waals surface area contributed by atoms with Crippen molar-refractivity contribution in [2.24, 2.45) is 5.92 Å². The van der Waals surface area contributed by atoms with Crippen molar-refractivity contribution in [2.75, 3.05) is 19.6 Å². The fourth-order valence-corrected chi connectivity index (χ4v) is 3.61. The van der Waals surface area contributed by atoms with Gasteiger partial charge in [-0.05, 0) is 31.8 Å². The van der Waals surface area contributed by atoms with Gasteiger partial charge in [0.05, 0.1) is 12.4 Å². The number of hydrogen-bond acceptors (Lipinski definition) is 5.